The van der Waals surface area contributed by atoms with E-state index in [9.17, 15) is 14.9 Å². The van der Waals surface area contributed by atoms with Gasteiger partial charge in [0.2, 0.25) is 0 Å². The van der Waals surface area contributed by atoms with E-state index < -0.39 is 4.92 Å². The van der Waals surface area contributed by atoms with E-state index in [0.717, 1.165) is 0 Å². The predicted molar refractivity (Wildman–Crippen MR) is 71.9 cm³/mol. The van der Waals surface area contributed by atoms with Crippen molar-refractivity contribution in [2.24, 2.45) is 0 Å². The van der Waals surface area contributed by atoms with Crippen LogP contribution < -0.4 is 4.74 Å². The van der Waals surface area contributed by atoms with Gasteiger partial charge in [0, 0.05) is 18.8 Å². The molecule has 0 fully saturated rings. The quantitative estimate of drug-likeness (QED) is 0.474. The van der Waals surface area contributed by atoms with Crippen LogP contribution in [0, 0.1) is 10.1 Å². The van der Waals surface area contributed by atoms with E-state index in [0.29, 0.717) is 11.3 Å². The van der Waals surface area contributed by atoms with E-state index in [2.05, 4.69) is 4.98 Å². The van der Waals surface area contributed by atoms with Crippen LogP contribution in [0.3, 0.4) is 0 Å². The first-order chi connectivity index (χ1) is 9.61. The third-order valence-corrected chi connectivity index (χ3v) is 2.79. The smallest absolute Gasteiger partial charge is 0.283 e. The topological polar surface area (TPSA) is 82.3 Å². The molecule has 0 bridgehead atoms. The summed E-state index contributed by atoms with van der Waals surface area (Å²) in [5.41, 5.74) is 0.528. The van der Waals surface area contributed by atoms with Crippen LogP contribution in [0.15, 0.2) is 42.7 Å². The molecule has 0 aliphatic carbocycles. The van der Waals surface area contributed by atoms with Crippen LogP contribution in [0.4, 0.5) is 5.69 Å². The monoisotopic (exact) mass is 272 g/mol. The molecule has 1 aromatic carbocycles. The highest BCUT2D eigenvalue weighted by atomic mass is 16.6. The average Bonchev–Trinajstić information content (AvgIpc) is 2.47. The van der Waals surface area contributed by atoms with Gasteiger partial charge in [-0.05, 0) is 23.8 Å². The molecule has 6 nitrogen and oxygen atoms in total. The van der Waals surface area contributed by atoms with Crippen molar-refractivity contribution in [3.05, 3.63) is 64.0 Å². The van der Waals surface area contributed by atoms with E-state index in [1.165, 1.54) is 25.3 Å². The summed E-state index contributed by atoms with van der Waals surface area (Å²) in [6.45, 7) is 0. The molecular weight excluding hydrogens is 260 g/mol. The second-order valence-corrected chi connectivity index (χ2v) is 4.10. The number of rotatable bonds is 5. The van der Waals surface area contributed by atoms with Crippen LogP contribution in [-0.4, -0.2) is 22.8 Å². The number of Topliss-reactive ketones (excluding diaryl/α,β-unsaturated/α-hetero) is 1. The molecule has 0 atom stereocenters. The number of nitrogens with zero attached hydrogens (tertiary/aromatic N) is 2. The number of carbonyl (C=O) groups excluding carboxylic acids is 1. The Kier molecular flexibility index (Phi) is 4.05. The maximum absolute atomic E-state index is 12.2. The number of pyridine rings is 1. The van der Waals surface area contributed by atoms with Crippen molar-refractivity contribution in [2.45, 2.75) is 6.42 Å². The second kappa shape index (κ2) is 5.92. The fourth-order valence-electron chi connectivity index (χ4n) is 1.81. The van der Waals surface area contributed by atoms with Gasteiger partial charge in [-0.15, -0.1) is 0 Å². The first-order valence-corrected chi connectivity index (χ1v) is 5.86. The standard InChI is InChI=1S/C14H12N2O4/c1-20-11-4-5-12(13(8-11)16(18)19)14(17)7-10-3-2-6-15-9-10/h2-6,8-9H,7H2,1H3. The molecule has 0 N–H and O–H groups in total. The number of methoxy groups -OCH3 is 1. The molecular formula is C14H12N2O4. The van der Waals surface area contributed by atoms with Crippen LogP contribution in [0.25, 0.3) is 0 Å². The van der Waals surface area contributed by atoms with Crippen molar-refractivity contribution >= 4 is 11.5 Å². The fourth-order valence-corrected chi connectivity index (χ4v) is 1.81. The van der Waals surface area contributed by atoms with Crippen molar-refractivity contribution in [3.8, 4) is 5.75 Å². The summed E-state index contributed by atoms with van der Waals surface area (Å²) < 4.78 is 4.93. The van der Waals surface area contributed by atoms with Crippen LogP contribution in [-0.2, 0) is 6.42 Å². The van der Waals surface area contributed by atoms with Crippen molar-refractivity contribution in [3.63, 3.8) is 0 Å². The van der Waals surface area contributed by atoms with Crippen LogP contribution in [0.2, 0.25) is 0 Å². The molecule has 2 aromatic rings. The van der Waals surface area contributed by atoms with Gasteiger partial charge in [-0.25, -0.2) is 0 Å². The average molecular weight is 272 g/mol. The highest BCUT2D eigenvalue weighted by Gasteiger charge is 2.21. The third kappa shape index (κ3) is 2.97. The zero-order valence-corrected chi connectivity index (χ0v) is 10.8. The summed E-state index contributed by atoms with van der Waals surface area (Å²) >= 11 is 0. The molecule has 0 aliphatic heterocycles. The van der Waals surface area contributed by atoms with E-state index in [1.807, 2.05) is 0 Å². The maximum Gasteiger partial charge on any atom is 0.283 e. The van der Waals surface area contributed by atoms with Crippen molar-refractivity contribution in [1.29, 1.82) is 0 Å². The molecule has 0 spiro atoms. The summed E-state index contributed by atoms with van der Waals surface area (Å²) in [6, 6.07) is 7.65. The summed E-state index contributed by atoms with van der Waals surface area (Å²) in [5.74, 6) is 0.0157. The largest absolute Gasteiger partial charge is 0.497 e. The number of benzene rings is 1. The van der Waals surface area contributed by atoms with Gasteiger partial charge in [-0.2, -0.15) is 0 Å². The Hall–Kier alpha value is -2.76. The minimum absolute atomic E-state index is 0.0691. The van der Waals surface area contributed by atoms with Crippen molar-refractivity contribution < 1.29 is 14.5 Å². The van der Waals surface area contributed by atoms with Gasteiger partial charge in [-0.3, -0.25) is 19.9 Å². The van der Waals surface area contributed by atoms with Gasteiger partial charge >= 0.3 is 0 Å². The van der Waals surface area contributed by atoms with E-state index in [1.54, 1.807) is 24.5 Å². The third-order valence-electron chi connectivity index (χ3n) is 2.79. The van der Waals surface area contributed by atoms with Gasteiger partial charge in [0.25, 0.3) is 5.69 Å². The molecule has 0 unspecified atom stereocenters. The Morgan fingerprint density at radius 2 is 2.20 bits per heavy atom. The summed E-state index contributed by atoms with van der Waals surface area (Å²) in [6.07, 6.45) is 3.23. The fraction of sp³-hybridized carbons (Fsp3) is 0.143. The molecule has 2 rings (SSSR count). The number of nitro benzene ring substituents is 1. The number of nitro groups is 1. The Morgan fingerprint density at radius 3 is 2.80 bits per heavy atom. The molecule has 20 heavy (non-hydrogen) atoms. The molecule has 1 aromatic heterocycles. The number of carbonyl (C=O) groups is 1. The molecule has 0 saturated heterocycles. The predicted octanol–water partition coefficient (Wildman–Crippen LogP) is 2.42. The highest BCUT2D eigenvalue weighted by molar-refractivity contribution is 6.01. The Bertz CT molecular complexity index is 641. The molecule has 1 heterocycles. The second-order valence-electron chi connectivity index (χ2n) is 4.10. The van der Waals surface area contributed by atoms with E-state index in [-0.39, 0.29) is 23.5 Å². The van der Waals surface area contributed by atoms with Gasteiger partial charge < -0.3 is 4.74 Å². The lowest BCUT2D eigenvalue weighted by molar-refractivity contribution is -0.385. The first-order valence-electron chi connectivity index (χ1n) is 5.86. The normalized spacial score (nSPS) is 10.1. The zero-order valence-electron chi connectivity index (χ0n) is 10.8. The maximum atomic E-state index is 12.2. The van der Waals surface area contributed by atoms with Crippen molar-refractivity contribution in [2.75, 3.05) is 7.11 Å². The lowest BCUT2D eigenvalue weighted by Gasteiger charge is -2.05. The molecule has 0 aliphatic rings. The number of ketones is 1. The Balaban J connectivity index is 2.32. The number of hydrogen-bond acceptors (Lipinski definition) is 5. The van der Waals surface area contributed by atoms with Gasteiger partial charge in [0.15, 0.2) is 5.78 Å². The van der Waals surface area contributed by atoms with Crippen LogP contribution in [0.5, 0.6) is 5.75 Å². The number of ether oxygens (including phenoxy) is 1. The van der Waals surface area contributed by atoms with Crippen molar-refractivity contribution in [1.82, 2.24) is 4.98 Å². The lowest BCUT2D eigenvalue weighted by atomic mass is 10.0. The molecule has 102 valence electrons. The molecule has 6 heteroatoms. The SMILES string of the molecule is COc1ccc(C(=O)Cc2cccnc2)c([N+](=O)[O-])c1. The summed E-state index contributed by atoms with van der Waals surface area (Å²) in [4.78, 5) is 26.5. The lowest BCUT2D eigenvalue weighted by Crippen LogP contribution is -2.07. The zero-order chi connectivity index (χ0) is 14.5. The van der Waals surface area contributed by atoms with E-state index in [4.69, 9.17) is 4.74 Å². The van der Waals surface area contributed by atoms with Gasteiger partial charge in [0.1, 0.15) is 5.75 Å². The Morgan fingerprint density at radius 1 is 1.40 bits per heavy atom. The summed E-state index contributed by atoms with van der Waals surface area (Å²) in [7, 11) is 1.41. The molecule has 0 amide bonds. The number of hydrogen-bond donors (Lipinski definition) is 0. The summed E-state index contributed by atoms with van der Waals surface area (Å²) in [5, 5.41) is 11.0. The first kappa shape index (κ1) is 13.7. The highest BCUT2D eigenvalue weighted by Crippen LogP contribution is 2.25. The van der Waals surface area contributed by atoms with E-state index >= 15 is 0 Å². The number of aromatic nitrogens is 1. The minimum atomic E-state index is -0.584. The Labute approximate surface area is 115 Å². The molecule has 0 radical (unpaired) electrons. The van der Waals surface area contributed by atoms with Crippen LogP contribution in [0.1, 0.15) is 15.9 Å². The van der Waals surface area contributed by atoms with Gasteiger partial charge in [-0.1, -0.05) is 6.07 Å². The van der Waals surface area contributed by atoms with Crippen LogP contribution >= 0.6 is 0 Å². The van der Waals surface area contributed by atoms with Gasteiger partial charge in [0.05, 0.1) is 23.7 Å². The molecule has 0 saturated carbocycles. The minimum Gasteiger partial charge on any atom is -0.497 e.